The number of rotatable bonds is 5. The first-order chi connectivity index (χ1) is 7.52. The van der Waals surface area contributed by atoms with Crippen molar-refractivity contribution in [2.75, 3.05) is 6.54 Å². The van der Waals surface area contributed by atoms with Gasteiger partial charge in [-0.2, -0.15) is 0 Å². The molecule has 1 amide bonds. The van der Waals surface area contributed by atoms with Gasteiger partial charge in [-0.3, -0.25) is 4.79 Å². The fraction of sp³-hybridized carbons (Fsp3) is 0.636. The maximum Gasteiger partial charge on any atom is 0.225 e. The van der Waals surface area contributed by atoms with Crippen LogP contribution in [0.2, 0.25) is 0 Å². The molecular formula is C11H19N3OS. The number of amides is 1. The van der Waals surface area contributed by atoms with Gasteiger partial charge in [0.25, 0.3) is 0 Å². The summed E-state index contributed by atoms with van der Waals surface area (Å²) < 4.78 is 0. The first-order valence-corrected chi connectivity index (χ1v) is 6.26. The third kappa shape index (κ3) is 3.90. The topological polar surface area (TPSA) is 68.0 Å². The number of nitrogens with two attached hydrogens (primary N) is 1. The summed E-state index contributed by atoms with van der Waals surface area (Å²) >= 11 is 1.53. The lowest BCUT2D eigenvalue weighted by molar-refractivity contribution is -0.120. The summed E-state index contributed by atoms with van der Waals surface area (Å²) in [6, 6.07) is 0. The first-order valence-electron chi connectivity index (χ1n) is 5.44. The van der Waals surface area contributed by atoms with Gasteiger partial charge >= 0.3 is 0 Å². The van der Waals surface area contributed by atoms with E-state index in [2.05, 4.69) is 24.1 Å². The Labute approximate surface area is 100 Å². The molecule has 0 radical (unpaired) electrons. The molecule has 0 aliphatic rings. The smallest absolute Gasteiger partial charge is 0.225 e. The van der Waals surface area contributed by atoms with E-state index >= 15 is 0 Å². The number of nitrogens with one attached hydrogen (secondary N) is 1. The zero-order chi connectivity index (χ0) is 12.1. The molecule has 1 aromatic rings. The Morgan fingerprint density at radius 2 is 2.25 bits per heavy atom. The van der Waals surface area contributed by atoms with Crippen molar-refractivity contribution in [1.29, 1.82) is 0 Å². The van der Waals surface area contributed by atoms with Crippen LogP contribution in [0.4, 0.5) is 0 Å². The normalized spacial score (nSPS) is 10.8. The second-order valence-corrected chi connectivity index (χ2v) is 5.36. The summed E-state index contributed by atoms with van der Waals surface area (Å²) in [6.07, 6.45) is 0.413. The van der Waals surface area contributed by atoms with E-state index in [-0.39, 0.29) is 5.91 Å². The highest BCUT2D eigenvalue weighted by Gasteiger charge is 2.11. The number of hydrogen-bond acceptors (Lipinski definition) is 4. The van der Waals surface area contributed by atoms with Crippen molar-refractivity contribution in [1.82, 2.24) is 10.3 Å². The molecule has 16 heavy (non-hydrogen) atoms. The molecule has 0 fully saturated rings. The minimum atomic E-state index is 0.0593. The van der Waals surface area contributed by atoms with Gasteiger partial charge in [-0.15, -0.1) is 11.3 Å². The van der Waals surface area contributed by atoms with E-state index in [4.69, 9.17) is 5.73 Å². The number of aryl methyl sites for hydroxylation is 1. The molecule has 0 atom stereocenters. The van der Waals surface area contributed by atoms with Crippen molar-refractivity contribution in [2.24, 2.45) is 11.7 Å². The van der Waals surface area contributed by atoms with Crippen LogP contribution in [0, 0.1) is 12.8 Å². The summed E-state index contributed by atoms with van der Waals surface area (Å²) in [5.74, 6) is 0.537. The average molecular weight is 241 g/mol. The molecule has 3 N–H and O–H groups in total. The van der Waals surface area contributed by atoms with Crippen LogP contribution in [-0.4, -0.2) is 17.4 Å². The molecule has 0 aliphatic carbocycles. The summed E-state index contributed by atoms with van der Waals surface area (Å²) in [4.78, 5) is 16.9. The van der Waals surface area contributed by atoms with Crippen LogP contribution >= 0.6 is 11.3 Å². The molecule has 4 nitrogen and oxygen atoms in total. The minimum Gasteiger partial charge on any atom is -0.356 e. The van der Waals surface area contributed by atoms with Crippen molar-refractivity contribution < 1.29 is 4.79 Å². The Bertz CT molecular complexity index is 360. The number of thiazole rings is 1. The van der Waals surface area contributed by atoms with Crippen molar-refractivity contribution >= 4 is 17.2 Å². The molecule has 0 aromatic carbocycles. The summed E-state index contributed by atoms with van der Waals surface area (Å²) in [5.41, 5.74) is 6.43. The van der Waals surface area contributed by atoms with Crippen molar-refractivity contribution in [3.8, 4) is 0 Å². The van der Waals surface area contributed by atoms with E-state index in [1.54, 1.807) is 0 Å². The number of carbonyl (C=O) groups is 1. The van der Waals surface area contributed by atoms with Gasteiger partial charge in [0.1, 0.15) is 5.01 Å². The van der Waals surface area contributed by atoms with Crippen LogP contribution in [0.25, 0.3) is 0 Å². The van der Waals surface area contributed by atoms with E-state index in [1.807, 2.05) is 6.92 Å². The number of nitrogens with zero attached hydrogens (tertiary/aromatic N) is 1. The SMILES string of the molecule is Cc1nc(CN)sc1CC(=O)NCC(C)C. The van der Waals surface area contributed by atoms with E-state index in [0.29, 0.717) is 18.9 Å². The molecule has 1 aromatic heterocycles. The standard InChI is InChI=1S/C11H19N3OS/c1-7(2)6-13-10(15)4-9-8(3)14-11(5-12)16-9/h7H,4-6,12H2,1-3H3,(H,13,15). The third-order valence-electron chi connectivity index (χ3n) is 2.14. The zero-order valence-electron chi connectivity index (χ0n) is 10.0. The van der Waals surface area contributed by atoms with Crippen LogP contribution in [0.5, 0.6) is 0 Å². The lowest BCUT2D eigenvalue weighted by Crippen LogP contribution is -2.28. The zero-order valence-corrected chi connectivity index (χ0v) is 10.9. The molecule has 0 bridgehead atoms. The summed E-state index contributed by atoms with van der Waals surface area (Å²) in [6.45, 7) is 7.23. The lowest BCUT2D eigenvalue weighted by atomic mass is 10.2. The Morgan fingerprint density at radius 3 is 2.75 bits per heavy atom. The van der Waals surface area contributed by atoms with Gasteiger partial charge in [0, 0.05) is 18.0 Å². The van der Waals surface area contributed by atoms with Crippen LogP contribution in [-0.2, 0) is 17.8 Å². The predicted octanol–water partition coefficient (Wildman–Crippen LogP) is 1.22. The number of hydrogen-bond donors (Lipinski definition) is 2. The number of aromatic nitrogens is 1. The maximum absolute atomic E-state index is 11.6. The number of carbonyl (C=O) groups excluding carboxylic acids is 1. The largest absolute Gasteiger partial charge is 0.356 e. The van der Waals surface area contributed by atoms with Crippen molar-refractivity contribution in [2.45, 2.75) is 33.7 Å². The Balaban J connectivity index is 2.52. The average Bonchev–Trinajstić information content (AvgIpc) is 2.57. The Morgan fingerprint density at radius 1 is 1.56 bits per heavy atom. The molecule has 90 valence electrons. The Kier molecular flexibility index (Phi) is 4.89. The predicted molar refractivity (Wildman–Crippen MR) is 66.3 cm³/mol. The van der Waals surface area contributed by atoms with E-state index < -0.39 is 0 Å². The van der Waals surface area contributed by atoms with Gasteiger partial charge in [0.15, 0.2) is 0 Å². The third-order valence-corrected chi connectivity index (χ3v) is 3.32. The summed E-state index contributed by atoms with van der Waals surface area (Å²) in [5, 5.41) is 3.79. The molecule has 0 aliphatic heterocycles. The lowest BCUT2D eigenvalue weighted by Gasteiger charge is -2.06. The minimum absolute atomic E-state index is 0.0593. The fourth-order valence-corrected chi connectivity index (χ4v) is 2.21. The molecule has 1 rings (SSSR count). The molecule has 0 spiro atoms. The second kappa shape index (κ2) is 5.96. The van der Waals surface area contributed by atoms with E-state index in [1.165, 1.54) is 11.3 Å². The van der Waals surface area contributed by atoms with Crippen LogP contribution in [0.1, 0.15) is 29.4 Å². The van der Waals surface area contributed by atoms with Gasteiger partial charge in [-0.1, -0.05) is 13.8 Å². The highest BCUT2D eigenvalue weighted by Crippen LogP contribution is 2.18. The van der Waals surface area contributed by atoms with Crippen molar-refractivity contribution in [3.05, 3.63) is 15.6 Å². The monoisotopic (exact) mass is 241 g/mol. The molecule has 0 unspecified atom stereocenters. The molecule has 5 heteroatoms. The van der Waals surface area contributed by atoms with Gasteiger partial charge in [0.05, 0.1) is 12.1 Å². The molecular weight excluding hydrogens is 222 g/mol. The molecule has 0 saturated heterocycles. The fourth-order valence-electron chi connectivity index (χ4n) is 1.27. The second-order valence-electron chi connectivity index (χ2n) is 4.20. The maximum atomic E-state index is 11.6. The van der Waals surface area contributed by atoms with Crippen molar-refractivity contribution in [3.63, 3.8) is 0 Å². The van der Waals surface area contributed by atoms with E-state index in [0.717, 1.165) is 22.1 Å². The van der Waals surface area contributed by atoms with Crippen LogP contribution in [0.15, 0.2) is 0 Å². The highest BCUT2D eigenvalue weighted by atomic mass is 32.1. The van der Waals surface area contributed by atoms with Crippen LogP contribution in [0.3, 0.4) is 0 Å². The highest BCUT2D eigenvalue weighted by molar-refractivity contribution is 7.11. The van der Waals surface area contributed by atoms with Gasteiger partial charge in [-0.05, 0) is 12.8 Å². The quantitative estimate of drug-likeness (QED) is 0.814. The van der Waals surface area contributed by atoms with Gasteiger partial charge in [0.2, 0.25) is 5.91 Å². The summed E-state index contributed by atoms with van der Waals surface area (Å²) in [7, 11) is 0. The Hall–Kier alpha value is -0.940. The molecule has 1 heterocycles. The first kappa shape index (κ1) is 13.1. The molecule has 0 saturated carbocycles. The van der Waals surface area contributed by atoms with Crippen LogP contribution < -0.4 is 11.1 Å². The van der Waals surface area contributed by atoms with Gasteiger partial charge < -0.3 is 11.1 Å². The van der Waals surface area contributed by atoms with E-state index in [9.17, 15) is 4.79 Å². The van der Waals surface area contributed by atoms with Gasteiger partial charge in [-0.25, -0.2) is 4.98 Å².